The highest BCUT2D eigenvalue weighted by atomic mass is 35.5. The highest BCUT2D eigenvalue weighted by molar-refractivity contribution is 6.31. The number of halogens is 1. The molecule has 0 aromatic heterocycles. The van der Waals surface area contributed by atoms with Gasteiger partial charge in [-0.15, -0.1) is 0 Å². The molecule has 1 aliphatic heterocycles. The summed E-state index contributed by atoms with van der Waals surface area (Å²) in [6.45, 7) is 1.53. The number of carbonyl (C=O) groups excluding carboxylic acids is 2. The van der Waals surface area contributed by atoms with Gasteiger partial charge in [0.1, 0.15) is 0 Å². The highest BCUT2D eigenvalue weighted by Crippen LogP contribution is 2.17. The largest absolute Gasteiger partial charge is 0.398 e. The van der Waals surface area contributed by atoms with Gasteiger partial charge in [0.2, 0.25) is 5.91 Å². The molecule has 2 rings (SSSR count). The summed E-state index contributed by atoms with van der Waals surface area (Å²) in [5.74, 6) is -0.436. The number of hydrogen-bond acceptors (Lipinski definition) is 3. The molecule has 2 amide bonds. The summed E-state index contributed by atoms with van der Waals surface area (Å²) in [4.78, 5) is 25.7. The molecule has 1 aromatic rings. The van der Waals surface area contributed by atoms with Gasteiger partial charge in [-0.1, -0.05) is 11.6 Å². The molecule has 1 aromatic carbocycles. The molecule has 0 spiro atoms. The summed E-state index contributed by atoms with van der Waals surface area (Å²) in [5.41, 5.74) is 6.36. The van der Waals surface area contributed by atoms with Crippen molar-refractivity contribution < 1.29 is 9.59 Å². The lowest BCUT2D eigenvalue weighted by Gasteiger charge is -2.26. The molecule has 0 atom stereocenters. The van der Waals surface area contributed by atoms with Crippen LogP contribution in [0.1, 0.15) is 29.6 Å². The maximum Gasteiger partial charge on any atom is 0.253 e. The van der Waals surface area contributed by atoms with E-state index in [1.807, 2.05) is 0 Å². The number of nitrogens with zero attached hydrogens (tertiary/aromatic N) is 1. The summed E-state index contributed by atoms with van der Waals surface area (Å²) < 4.78 is 0. The third-order valence-electron chi connectivity index (χ3n) is 3.37. The Kier molecular flexibility index (Phi) is 4.84. The number of benzene rings is 1. The Morgan fingerprint density at radius 2 is 1.95 bits per heavy atom. The van der Waals surface area contributed by atoms with Gasteiger partial charge in [-0.25, -0.2) is 0 Å². The summed E-state index contributed by atoms with van der Waals surface area (Å²) in [7, 11) is 0. The van der Waals surface area contributed by atoms with Crippen molar-refractivity contribution in [2.75, 3.05) is 25.4 Å². The van der Waals surface area contributed by atoms with Crippen LogP contribution in [0, 0.1) is 0 Å². The number of carbonyl (C=O) groups is 2. The lowest BCUT2D eigenvalue weighted by Crippen LogP contribution is -2.42. The van der Waals surface area contributed by atoms with Gasteiger partial charge in [0, 0.05) is 23.8 Å². The molecule has 1 fully saturated rings. The molecule has 5 nitrogen and oxygen atoms in total. The third kappa shape index (κ3) is 3.63. The van der Waals surface area contributed by atoms with Crippen molar-refractivity contribution in [2.45, 2.75) is 19.3 Å². The minimum atomic E-state index is -0.379. The molecule has 6 heteroatoms. The van der Waals surface area contributed by atoms with Crippen LogP contribution in [-0.2, 0) is 4.79 Å². The van der Waals surface area contributed by atoms with E-state index in [0.29, 0.717) is 16.3 Å². The van der Waals surface area contributed by atoms with E-state index in [1.54, 1.807) is 17.0 Å². The number of hydrogen-bond donors (Lipinski definition) is 2. The van der Waals surface area contributed by atoms with E-state index in [4.69, 9.17) is 17.3 Å². The van der Waals surface area contributed by atoms with Crippen molar-refractivity contribution in [1.82, 2.24) is 10.2 Å². The van der Waals surface area contributed by atoms with Gasteiger partial charge in [0.25, 0.3) is 5.91 Å². The standard InChI is InChI=1S/C14H18ClN3O2/c15-10-4-5-12(16)11(8-10)14(20)17-9-13(19)18-6-2-1-3-7-18/h4-5,8H,1-3,6-7,9,16H2,(H,17,20). The molecule has 108 valence electrons. The third-order valence-corrected chi connectivity index (χ3v) is 3.60. The molecule has 1 saturated heterocycles. The molecular formula is C14H18ClN3O2. The monoisotopic (exact) mass is 295 g/mol. The van der Waals surface area contributed by atoms with Crippen LogP contribution < -0.4 is 11.1 Å². The number of piperidine rings is 1. The summed E-state index contributed by atoms with van der Waals surface area (Å²) in [6, 6.07) is 4.69. The Labute approximate surface area is 123 Å². The second-order valence-corrected chi connectivity index (χ2v) is 5.29. The molecule has 0 radical (unpaired) electrons. The van der Waals surface area contributed by atoms with Gasteiger partial charge in [-0.05, 0) is 37.5 Å². The molecular weight excluding hydrogens is 278 g/mol. The van der Waals surface area contributed by atoms with Crippen molar-refractivity contribution in [2.24, 2.45) is 0 Å². The lowest BCUT2D eigenvalue weighted by molar-refractivity contribution is -0.130. The molecule has 0 saturated carbocycles. The van der Waals surface area contributed by atoms with Crippen LogP contribution in [-0.4, -0.2) is 36.3 Å². The first-order chi connectivity index (χ1) is 9.58. The van der Waals surface area contributed by atoms with Crippen LogP contribution in [0.15, 0.2) is 18.2 Å². The smallest absolute Gasteiger partial charge is 0.253 e. The van der Waals surface area contributed by atoms with Crippen molar-refractivity contribution >= 4 is 29.1 Å². The predicted octanol–water partition coefficient (Wildman–Crippen LogP) is 1.66. The van der Waals surface area contributed by atoms with Crippen molar-refractivity contribution in [1.29, 1.82) is 0 Å². The maximum atomic E-state index is 12.0. The minimum absolute atomic E-state index is 0.00914. The first kappa shape index (κ1) is 14.7. The fourth-order valence-corrected chi connectivity index (χ4v) is 2.40. The topological polar surface area (TPSA) is 75.4 Å². The number of nitrogens with one attached hydrogen (secondary N) is 1. The SMILES string of the molecule is Nc1ccc(Cl)cc1C(=O)NCC(=O)N1CCCCC1. The van der Waals surface area contributed by atoms with Gasteiger partial charge >= 0.3 is 0 Å². The van der Waals surface area contributed by atoms with Gasteiger partial charge in [0.15, 0.2) is 0 Å². The molecule has 3 N–H and O–H groups in total. The predicted molar refractivity (Wildman–Crippen MR) is 78.6 cm³/mol. The minimum Gasteiger partial charge on any atom is -0.398 e. The zero-order chi connectivity index (χ0) is 14.5. The summed E-state index contributed by atoms with van der Waals surface area (Å²) in [6.07, 6.45) is 3.22. The molecule has 1 heterocycles. The van der Waals surface area contributed by atoms with Gasteiger partial charge in [-0.2, -0.15) is 0 Å². The normalized spacial score (nSPS) is 14.9. The van der Waals surface area contributed by atoms with E-state index in [-0.39, 0.29) is 18.4 Å². The Bertz CT molecular complexity index is 513. The Hall–Kier alpha value is -1.75. The Morgan fingerprint density at radius 3 is 2.65 bits per heavy atom. The van der Waals surface area contributed by atoms with E-state index in [1.165, 1.54) is 6.07 Å². The number of likely N-dealkylation sites (tertiary alicyclic amines) is 1. The number of anilines is 1. The molecule has 0 bridgehead atoms. The fourth-order valence-electron chi connectivity index (χ4n) is 2.23. The van der Waals surface area contributed by atoms with Crippen LogP contribution >= 0.6 is 11.6 Å². The van der Waals surface area contributed by atoms with Crippen LogP contribution in [0.5, 0.6) is 0 Å². The van der Waals surface area contributed by atoms with Crippen LogP contribution in [0.25, 0.3) is 0 Å². The van der Waals surface area contributed by atoms with Gasteiger partial charge < -0.3 is 16.0 Å². The zero-order valence-electron chi connectivity index (χ0n) is 11.2. The van der Waals surface area contributed by atoms with Crippen molar-refractivity contribution in [3.8, 4) is 0 Å². The number of rotatable bonds is 3. The van der Waals surface area contributed by atoms with E-state index in [9.17, 15) is 9.59 Å². The van der Waals surface area contributed by atoms with E-state index < -0.39 is 0 Å². The summed E-state index contributed by atoms with van der Waals surface area (Å²) in [5, 5.41) is 3.03. The fraction of sp³-hybridized carbons (Fsp3) is 0.429. The second kappa shape index (κ2) is 6.61. The highest BCUT2D eigenvalue weighted by Gasteiger charge is 2.18. The van der Waals surface area contributed by atoms with E-state index in [2.05, 4.69) is 5.32 Å². The molecule has 0 aliphatic carbocycles. The number of nitrogen functional groups attached to an aromatic ring is 1. The van der Waals surface area contributed by atoms with Crippen molar-refractivity contribution in [3.63, 3.8) is 0 Å². The average molecular weight is 296 g/mol. The molecule has 0 unspecified atom stereocenters. The maximum absolute atomic E-state index is 12.0. The molecule has 20 heavy (non-hydrogen) atoms. The van der Waals surface area contributed by atoms with Crippen LogP contribution in [0.3, 0.4) is 0 Å². The number of nitrogens with two attached hydrogens (primary N) is 1. The van der Waals surface area contributed by atoms with Gasteiger partial charge in [-0.3, -0.25) is 9.59 Å². The second-order valence-electron chi connectivity index (χ2n) is 4.86. The zero-order valence-corrected chi connectivity index (χ0v) is 11.9. The Balaban J connectivity index is 1.91. The molecule has 1 aliphatic rings. The van der Waals surface area contributed by atoms with Crippen LogP contribution in [0.2, 0.25) is 5.02 Å². The first-order valence-corrected chi connectivity index (χ1v) is 7.07. The van der Waals surface area contributed by atoms with Gasteiger partial charge in [0.05, 0.1) is 12.1 Å². The van der Waals surface area contributed by atoms with E-state index >= 15 is 0 Å². The lowest BCUT2D eigenvalue weighted by atomic mass is 10.1. The number of amides is 2. The quantitative estimate of drug-likeness (QED) is 0.833. The first-order valence-electron chi connectivity index (χ1n) is 6.69. The van der Waals surface area contributed by atoms with Crippen LogP contribution in [0.4, 0.5) is 5.69 Å². The van der Waals surface area contributed by atoms with E-state index in [0.717, 1.165) is 32.4 Å². The summed E-state index contributed by atoms with van der Waals surface area (Å²) >= 11 is 5.83. The Morgan fingerprint density at radius 1 is 1.25 bits per heavy atom. The average Bonchev–Trinajstić information content (AvgIpc) is 2.47. The van der Waals surface area contributed by atoms with Crippen molar-refractivity contribution in [3.05, 3.63) is 28.8 Å².